The number of hydrogen-bond acceptors (Lipinski definition) is 6. The number of para-hydroxylation sites is 2. The number of hydrogen-bond donors (Lipinski definition) is 1. The van der Waals surface area contributed by atoms with Gasteiger partial charge in [-0.15, -0.1) is 0 Å². The second-order valence-corrected chi connectivity index (χ2v) is 8.72. The predicted molar refractivity (Wildman–Crippen MR) is 130 cm³/mol. The molecule has 3 aromatic rings. The molecule has 178 valence electrons. The maximum absolute atomic E-state index is 13.8. The Morgan fingerprint density at radius 3 is 2.63 bits per heavy atom. The molecule has 6 rings (SSSR count). The van der Waals surface area contributed by atoms with Crippen molar-refractivity contribution < 1.29 is 23.8 Å². The maximum Gasteiger partial charge on any atom is 0.262 e. The van der Waals surface area contributed by atoms with E-state index in [0.29, 0.717) is 28.5 Å². The van der Waals surface area contributed by atoms with Gasteiger partial charge in [-0.25, -0.2) is 0 Å². The van der Waals surface area contributed by atoms with Crippen LogP contribution in [-0.4, -0.2) is 43.2 Å². The number of benzene rings is 3. The van der Waals surface area contributed by atoms with E-state index in [-0.39, 0.29) is 25.2 Å². The summed E-state index contributed by atoms with van der Waals surface area (Å²) in [6, 6.07) is 20.4. The summed E-state index contributed by atoms with van der Waals surface area (Å²) in [6.45, 7) is 1.66. The van der Waals surface area contributed by atoms with E-state index >= 15 is 0 Å². The van der Waals surface area contributed by atoms with Crippen LogP contribution in [0.15, 0.2) is 66.7 Å². The minimum absolute atomic E-state index is 0.0250. The van der Waals surface area contributed by atoms with Crippen LogP contribution in [0.1, 0.15) is 34.9 Å². The quantitative estimate of drug-likeness (QED) is 0.601. The van der Waals surface area contributed by atoms with Crippen LogP contribution in [0.4, 0.5) is 11.4 Å². The summed E-state index contributed by atoms with van der Waals surface area (Å²) >= 11 is 0. The van der Waals surface area contributed by atoms with Crippen LogP contribution in [0.3, 0.4) is 0 Å². The highest BCUT2D eigenvalue weighted by atomic mass is 16.7. The van der Waals surface area contributed by atoms with Gasteiger partial charge in [0, 0.05) is 30.4 Å². The highest BCUT2D eigenvalue weighted by Crippen LogP contribution is 2.42. The van der Waals surface area contributed by atoms with Crippen LogP contribution in [-0.2, 0) is 4.79 Å². The molecule has 1 N–H and O–H groups in total. The molecule has 2 amide bonds. The Kier molecular flexibility index (Phi) is 5.41. The second kappa shape index (κ2) is 8.87. The first-order valence-electron chi connectivity index (χ1n) is 11.8. The van der Waals surface area contributed by atoms with Crippen LogP contribution in [0.2, 0.25) is 0 Å². The molecule has 8 nitrogen and oxygen atoms in total. The first-order chi connectivity index (χ1) is 17.2. The number of anilines is 2. The number of fused-ring (bicyclic) bond motifs is 2. The van der Waals surface area contributed by atoms with Crippen molar-refractivity contribution in [1.82, 2.24) is 4.90 Å². The van der Waals surface area contributed by atoms with Crippen LogP contribution in [0, 0.1) is 0 Å². The van der Waals surface area contributed by atoms with E-state index in [0.717, 1.165) is 37.2 Å². The molecule has 1 saturated heterocycles. The number of nitrogens with zero attached hydrogens (tertiary/aromatic N) is 2. The summed E-state index contributed by atoms with van der Waals surface area (Å²) < 4.78 is 17.1. The maximum atomic E-state index is 13.8. The average Bonchev–Trinajstić information content (AvgIpc) is 3.59. The molecule has 0 saturated carbocycles. The van der Waals surface area contributed by atoms with Gasteiger partial charge < -0.3 is 24.4 Å². The van der Waals surface area contributed by atoms with Gasteiger partial charge in [0.25, 0.3) is 11.8 Å². The Balaban J connectivity index is 1.37. The Morgan fingerprint density at radius 2 is 1.74 bits per heavy atom. The van der Waals surface area contributed by atoms with Gasteiger partial charge in [-0.1, -0.05) is 30.3 Å². The van der Waals surface area contributed by atoms with E-state index in [1.807, 2.05) is 59.5 Å². The fourth-order valence-corrected chi connectivity index (χ4v) is 4.81. The highest BCUT2D eigenvalue weighted by Gasteiger charge is 2.36. The van der Waals surface area contributed by atoms with Gasteiger partial charge in [0.2, 0.25) is 6.79 Å². The molecule has 0 unspecified atom stereocenters. The van der Waals surface area contributed by atoms with Crippen LogP contribution in [0.25, 0.3) is 0 Å². The monoisotopic (exact) mass is 471 g/mol. The molecule has 3 aliphatic heterocycles. The zero-order chi connectivity index (χ0) is 23.8. The van der Waals surface area contributed by atoms with Gasteiger partial charge in [0.15, 0.2) is 18.1 Å². The lowest BCUT2D eigenvalue weighted by Gasteiger charge is -2.38. The smallest absolute Gasteiger partial charge is 0.262 e. The third kappa shape index (κ3) is 3.90. The molecular formula is C27H25N3O5. The number of carbonyl (C=O) groups is 2. The lowest BCUT2D eigenvalue weighted by atomic mass is 10.0. The molecule has 8 heteroatoms. The second-order valence-electron chi connectivity index (χ2n) is 8.72. The molecule has 35 heavy (non-hydrogen) atoms. The van der Waals surface area contributed by atoms with Crippen molar-refractivity contribution in [2.24, 2.45) is 0 Å². The van der Waals surface area contributed by atoms with E-state index in [1.165, 1.54) is 0 Å². The van der Waals surface area contributed by atoms with Crippen LogP contribution >= 0.6 is 0 Å². The van der Waals surface area contributed by atoms with Crippen LogP contribution < -0.4 is 24.4 Å². The van der Waals surface area contributed by atoms with E-state index in [2.05, 4.69) is 5.32 Å². The molecule has 0 aromatic heterocycles. The Bertz CT molecular complexity index is 1290. The zero-order valence-electron chi connectivity index (χ0n) is 19.1. The van der Waals surface area contributed by atoms with Crippen molar-refractivity contribution in [2.45, 2.75) is 19.0 Å². The number of nitrogens with one attached hydrogen (secondary N) is 1. The molecular weight excluding hydrogens is 446 g/mol. The molecule has 0 spiro atoms. The summed E-state index contributed by atoms with van der Waals surface area (Å²) in [5.74, 6) is 1.62. The third-order valence-electron chi connectivity index (χ3n) is 6.58. The SMILES string of the molecule is O=C(COc1ccccc1[C@H]1Nc2ccccc2C(=O)N1c1ccc2c(c1)OCO2)N1CCCC1. The van der Waals surface area contributed by atoms with E-state index in [4.69, 9.17) is 14.2 Å². The van der Waals surface area contributed by atoms with Crippen molar-refractivity contribution in [3.8, 4) is 17.2 Å². The van der Waals surface area contributed by atoms with E-state index in [1.54, 1.807) is 17.0 Å². The summed E-state index contributed by atoms with van der Waals surface area (Å²) in [5, 5.41) is 3.50. The topological polar surface area (TPSA) is 80.3 Å². The predicted octanol–water partition coefficient (Wildman–Crippen LogP) is 4.19. The number of ether oxygens (including phenoxy) is 3. The summed E-state index contributed by atoms with van der Waals surface area (Å²) in [7, 11) is 0. The zero-order valence-corrected chi connectivity index (χ0v) is 19.1. The van der Waals surface area contributed by atoms with Crippen molar-refractivity contribution in [1.29, 1.82) is 0 Å². The highest BCUT2D eigenvalue weighted by molar-refractivity contribution is 6.12. The number of rotatable bonds is 5. The van der Waals surface area contributed by atoms with Gasteiger partial charge in [0.1, 0.15) is 11.9 Å². The molecule has 1 atom stereocenters. The molecule has 1 fully saturated rings. The Labute approximate surface area is 203 Å². The van der Waals surface area contributed by atoms with Gasteiger partial charge in [-0.05, 0) is 43.2 Å². The third-order valence-corrected chi connectivity index (χ3v) is 6.58. The molecule has 0 radical (unpaired) electrons. The van der Waals surface area contributed by atoms with Crippen LogP contribution in [0.5, 0.6) is 17.2 Å². The average molecular weight is 472 g/mol. The van der Waals surface area contributed by atoms with E-state index < -0.39 is 6.17 Å². The summed E-state index contributed by atoms with van der Waals surface area (Å²) in [5.41, 5.74) is 2.72. The summed E-state index contributed by atoms with van der Waals surface area (Å²) in [4.78, 5) is 29.9. The van der Waals surface area contributed by atoms with E-state index in [9.17, 15) is 9.59 Å². The largest absolute Gasteiger partial charge is 0.483 e. The van der Waals surface area contributed by atoms with Gasteiger partial charge in [-0.2, -0.15) is 0 Å². The first kappa shape index (κ1) is 21.3. The number of carbonyl (C=O) groups excluding carboxylic acids is 2. The summed E-state index contributed by atoms with van der Waals surface area (Å²) in [6.07, 6.45) is 1.50. The molecule has 0 aliphatic carbocycles. The normalized spacial score (nSPS) is 18.3. The fraction of sp³-hybridized carbons (Fsp3) is 0.259. The minimum Gasteiger partial charge on any atom is -0.483 e. The fourth-order valence-electron chi connectivity index (χ4n) is 4.81. The van der Waals surface area contributed by atoms with Gasteiger partial charge in [-0.3, -0.25) is 14.5 Å². The number of amides is 2. The molecule has 3 heterocycles. The van der Waals surface area contributed by atoms with Crippen molar-refractivity contribution in [3.63, 3.8) is 0 Å². The first-order valence-corrected chi connectivity index (χ1v) is 11.8. The van der Waals surface area contributed by atoms with Crippen molar-refractivity contribution >= 4 is 23.2 Å². The number of likely N-dealkylation sites (tertiary alicyclic amines) is 1. The Hall–Kier alpha value is -4.20. The van der Waals surface area contributed by atoms with Gasteiger partial charge in [0.05, 0.1) is 11.3 Å². The minimum atomic E-state index is -0.559. The Morgan fingerprint density at radius 1 is 0.971 bits per heavy atom. The lowest BCUT2D eigenvalue weighted by Crippen LogP contribution is -2.43. The standard InChI is InChI=1S/C27H25N3O5/c31-25(29-13-5-6-14-29)16-33-22-10-4-2-8-20(22)26-28-21-9-3-1-7-19(21)27(32)30(26)18-11-12-23-24(15-18)35-17-34-23/h1-4,7-12,15,26,28H,5-6,13-14,16-17H2/t26-/m0/s1. The van der Waals surface area contributed by atoms with Crippen molar-refractivity contribution in [3.05, 3.63) is 77.9 Å². The van der Waals surface area contributed by atoms with Crippen molar-refractivity contribution in [2.75, 3.05) is 36.7 Å². The molecule has 0 bridgehead atoms. The molecule has 3 aromatic carbocycles. The molecule has 3 aliphatic rings. The lowest BCUT2D eigenvalue weighted by molar-refractivity contribution is -0.132. The van der Waals surface area contributed by atoms with Gasteiger partial charge >= 0.3 is 0 Å².